The van der Waals surface area contributed by atoms with Crippen LogP contribution in [0.15, 0.2) is 70.6 Å². The van der Waals surface area contributed by atoms with Crippen molar-refractivity contribution in [2.75, 3.05) is 91.2 Å². The summed E-state index contributed by atoms with van der Waals surface area (Å²) in [6, 6.07) is 17.7. The molecular formula is C33H45N4O2S2+3. The van der Waals surface area contributed by atoms with Crippen molar-refractivity contribution < 1.29 is 23.0 Å². The molecule has 0 unspecified atom stereocenters. The van der Waals surface area contributed by atoms with Gasteiger partial charge in [-0.2, -0.15) is 4.57 Å². The molecule has 0 saturated carbocycles. The third-order valence-electron chi connectivity index (χ3n) is 9.01. The number of allylic oxidation sites excluding steroid dienone is 2. The predicted molar refractivity (Wildman–Crippen MR) is 171 cm³/mol. The maximum Gasteiger partial charge on any atom is 0.262 e. The number of thiazole rings is 1. The van der Waals surface area contributed by atoms with Crippen LogP contribution in [0.4, 0.5) is 5.69 Å². The molecule has 0 amide bonds. The van der Waals surface area contributed by atoms with Crippen LogP contribution in [0.5, 0.6) is 0 Å². The number of thioether (sulfide) groups is 1. The van der Waals surface area contributed by atoms with E-state index in [0.717, 1.165) is 74.7 Å². The average Bonchev–Trinajstić information content (AvgIpc) is 3.51. The maximum absolute atomic E-state index is 5.62. The van der Waals surface area contributed by atoms with Crippen LogP contribution in [0, 0.1) is 0 Å². The molecule has 0 atom stereocenters. The van der Waals surface area contributed by atoms with Gasteiger partial charge in [-0.1, -0.05) is 53.4 Å². The van der Waals surface area contributed by atoms with Gasteiger partial charge in [0, 0.05) is 30.0 Å². The highest BCUT2D eigenvalue weighted by molar-refractivity contribution is 8.03. The number of morpholine rings is 2. The normalized spacial score (nSPS) is 21.2. The van der Waals surface area contributed by atoms with Crippen LogP contribution in [-0.2, 0) is 16.0 Å². The highest BCUT2D eigenvalue weighted by Gasteiger charge is 2.29. The molecule has 0 N–H and O–H groups in total. The van der Waals surface area contributed by atoms with Gasteiger partial charge in [-0.05, 0) is 24.3 Å². The molecule has 6 nitrogen and oxygen atoms in total. The monoisotopic (exact) mass is 593 g/mol. The number of quaternary nitrogens is 2. The van der Waals surface area contributed by atoms with E-state index < -0.39 is 0 Å². The smallest absolute Gasteiger partial charge is 0.262 e. The van der Waals surface area contributed by atoms with Crippen molar-refractivity contribution in [1.29, 1.82) is 0 Å². The van der Waals surface area contributed by atoms with Gasteiger partial charge in [0.2, 0.25) is 5.52 Å². The second-order valence-corrected chi connectivity index (χ2v) is 14.3. The first kappa shape index (κ1) is 28.9. The van der Waals surface area contributed by atoms with Gasteiger partial charge in [0.25, 0.3) is 5.01 Å². The van der Waals surface area contributed by atoms with E-state index >= 15 is 0 Å². The number of aryl methyl sites for hydroxylation is 1. The zero-order chi connectivity index (χ0) is 28.1. The number of anilines is 1. The minimum Gasteiger partial charge on any atom is -0.370 e. The molecule has 0 bridgehead atoms. The van der Waals surface area contributed by atoms with Crippen LogP contribution >= 0.6 is 23.1 Å². The van der Waals surface area contributed by atoms with Crippen molar-refractivity contribution in [2.45, 2.75) is 24.3 Å². The molecule has 4 heterocycles. The van der Waals surface area contributed by atoms with Crippen molar-refractivity contribution in [1.82, 2.24) is 0 Å². The number of rotatable bonds is 10. The molecule has 41 heavy (non-hydrogen) atoms. The molecule has 0 spiro atoms. The summed E-state index contributed by atoms with van der Waals surface area (Å²) in [7, 11) is 4.77. The lowest BCUT2D eigenvalue weighted by atomic mass is 10.2. The molecule has 3 aliphatic rings. The first-order valence-corrected chi connectivity index (χ1v) is 16.8. The van der Waals surface area contributed by atoms with Crippen LogP contribution in [0.3, 0.4) is 0 Å². The highest BCUT2D eigenvalue weighted by Crippen LogP contribution is 2.45. The fourth-order valence-corrected chi connectivity index (χ4v) is 8.47. The van der Waals surface area contributed by atoms with Crippen molar-refractivity contribution in [3.8, 4) is 0 Å². The second-order valence-electron chi connectivity index (χ2n) is 12.2. The molecule has 8 heteroatoms. The van der Waals surface area contributed by atoms with Gasteiger partial charge < -0.3 is 23.3 Å². The van der Waals surface area contributed by atoms with Gasteiger partial charge in [-0.15, -0.1) is 0 Å². The number of aromatic nitrogens is 1. The van der Waals surface area contributed by atoms with E-state index in [2.05, 4.69) is 90.3 Å². The minimum atomic E-state index is 0.889. The Morgan fingerprint density at radius 1 is 0.854 bits per heavy atom. The molecule has 1 aromatic heterocycles. The Balaban J connectivity index is 1.17. The van der Waals surface area contributed by atoms with Crippen LogP contribution in [-0.4, -0.2) is 95.3 Å². The van der Waals surface area contributed by atoms with Gasteiger partial charge >= 0.3 is 0 Å². The average molecular weight is 594 g/mol. The lowest BCUT2D eigenvalue weighted by Gasteiger charge is -2.38. The minimum absolute atomic E-state index is 0.889. The summed E-state index contributed by atoms with van der Waals surface area (Å²) in [5.74, 6) is 0. The number of fused-ring (bicyclic) bond motifs is 2. The van der Waals surface area contributed by atoms with Crippen LogP contribution in [0.2, 0.25) is 0 Å². The number of likely N-dealkylation sites (N-methyl/N-ethyl adjacent to an activating group) is 2. The summed E-state index contributed by atoms with van der Waals surface area (Å²) in [4.78, 5) is 3.89. The molecular weight excluding hydrogens is 549 g/mol. The molecule has 3 aromatic rings. The molecule has 218 valence electrons. The summed E-state index contributed by atoms with van der Waals surface area (Å²) in [6.45, 7) is 12.5. The summed E-state index contributed by atoms with van der Waals surface area (Å²) in [5.41, 5.74) is 2.69. The van der Waals surface area contributed by atoms with Crippen molar-refractivity contribution in [3.05, 3.63) is 70.7 Å². The Kier molecular flexibility index (Phi) is 9.15. The molecule has 2 aromatic carbocycles. The quantitative estimate of drug-likeness (QED) is 0.233. The third-order valence-corrected chi connectivity index (χ3v) is 11.3. The SMILES string of the molecule is C[N+]1(CCCN2/C(=C\C=C\c3sc4ccccc4[n+]3CCC[N+]3(C)CCOCC3)Sc3ccccc32)CCOCC1. The molecule has 6 rings (SSSR count). The number of benzene rings is 2. The Morgan fingerprint density at radius 2 is 1.51 bits per heavy atom. The van der Waals surface area contributed by atoms with E-state index in [4.69, 9.17) is 9.47 Å². The third kappa shape index (κ3) is 6.90. The summed E-state index contributed by atoms with van der Waals surface area (Å²) in [6.07, 6.45) is 9.27. The van der Waals surface area contributed by atoms with E-state index in [9.17, 15) is 0 Å². The lowest BCUT2D eigenvalue weighted by molar-refractivity contribution is -0.918. The fourth-order valence-electron chi connectivity index (χ4n) is 6.26. The summed E-state index contributed by atoms with van der Waals surface area (Å²) < 4.78 is 17.4. The molecule has 2 fully saturated rings. The van der Waals surface area contributed by atoms with Gasteiger partial charge in [-0.25, -0.2) is 0 Å². The Labute approximate surface area is 253 Å². The number of ether oxygens (including phenoxy) is 2. The zero-order valence-corrected chi connectivity index (χ0v) is 26.3. The molecule has 2 saturated heterocycles. The van der Waals surface area contributed by atoms with Gasteiger partial charge in [0.05, 0.1) is 70.7 Å². The lowest BCUT2D eigenvalue weighted by Crippen LogP contribution is -2.53. The highest BCUT2D eigenvalue weighted by atomic mass is 32.2. The van der Waals surface area contributed by atoms with Crippen molar-refractivity contribution in [2.24, 2.45) is 0 Å². The van der Waals surface area contributed by atoms with E-state index in [0.29, 0.717) is 0 Å². The van der Waals surface area contributed by atoms with E-state index in [1.807, 2.05) is 23.1 Å². The Bertz CT molecular complexity index is 1390. The number of nitrogens with zero attached hydrogens (tertiary/aromatic N) is 4. The molecule has 0 radical (unpaired) electrons. The zero-order valence-electron chi connectivity index (χ0n) is 24.7. The first-order valence-electron chi connectivity index (χ1n) is 15.2. The van der Waals surface area contributed by atoms with Crippen molar-refractivity contribution in [3.63, 3.8) is 0 Å². The largest absolute Gasteiger partial charge is 0.370 e. The standard InChI is InChI=1S/C33H45N4O2S2/c1-36(20-24-38-25-21-36)18-8-16-34-28-10-3-5-12-30(28)40-32(34)14-7-15-33-35(29-11-4-6-13-31(29)41-33)17-9-19-37(2)22-26-39-27-23-37/h3-7,10-15H,8-9,16-27H2,1-2H3/q+3. The van der Waals surface area contributed by atoms with Gasteiger partial charge in [-0.3, -0.25) is 0 Å². The number of hydrogen-bond acceptors (Lipinski definition) is 5. The topological polar surface area (TPSA) is 25.6 Å². The fraction of sp³-hybridized carbons (Fsp3) is 0.485. The summed E-state index contributed by atoms with van der Waals surface area (Å²) in [5, 5.41) is 2.65. The number of hydrogen-bond donors (Lipinski definition) is 0. The first-order chi connectivity index (χ1) is 20.0. The Hall–Kier alpha value is -2.20. The second kappa shape index (κ2) is 13.0. The van der Waals surface area contributed by atoms with Gasteiger partial charge in [0.1, 0.15) is 30.9 Å². The number of para-hydroxylation sites is 2. The van der Waals surface area contributed by atoms with E-state index in [-0.39, 0.29) is 0 Å². The van der Waals surface area contributed by atoms with E-state index in [1.165, 1.54) is 56.8 Å². The summed E-state index contributed by atoms with van der Waals surface area (Å²) >= 11 is 3.80. The van der Waals surface area contributed by atoms with Gasteiger partial charge in [0.15, 0.2) is 6.54 Å². The van der Waals surface area contributed by atoms with Crippen molar-refractivity contribution >= 4 is 45.1 Å². The van der Waals surface area contributed by atoms with E-state index in [1.54, 1.807) is 0 Å². The Morgan fingerprint density at radius 3 is 2.27 bits per heavy atom. The maximum atomic E-state index is 5.62. The molecule has 3 aliphatic heterocycles. The molecule has 0 aliphatic carbocycles. The van der Waals surface area contributed by atoms with Crippen LogP contribution < -0.4 is 9.47 Å². The van der Waals surface area contributed by atoms with Crippen LogP contribution in [0.25, 0.3) is 16.3 Å². The predicted octanol–water partition coefficient (Wildman–Crippen LogP) is 5.39. The van der Waals surface area contributed by atoms with Crippen LogP contribution in [0.1, 0.15) is 17.8 Å².